The molecule has 0 unspecified atom stereocenters. The van der Waals surface area contributed by atoms with Gasteiger partial charge in [0, 0.05) is 19.3 Å². The van der Waals surface area contributed by atoms with E-state index in [2.05, 4.69) is 15.4 Å². The van der Waals surface area contributed by atoms with E-state index in [4.69, 9.17) is 0 Å². The molecule has 23 heavy (non-hydrogen) atoms. The summed E-state index contributed by atoms with van der Waals surface area (Å²) in [7, 11) is 0. The Morgan fingerprint density at radius 3 is 2.52 bits per heavy atom. The van der Waals surface area contributed by atoms with Crippen LogP contribution in [-0.2, 0) is 0 Å². The van der Waals surface area contributed by atoms with Crippen molar-refractivity contribution in [1.29, 1.82) is 0 Å². The molecule has 0 radical (unpaired) electrons. The number of amides is 2. The molecular formula is C15H16F4N2O2. The summed E-state index contributed by atoms with van der Waals surface area (Å²) in [4.78, 5) is 11.9. The van der Waals surface area contributed by atoms with Crippen LogP contribution < -0.4 is 15.4 Å². The molecule has 8 heteroatoms. The Morgan fingerprint density at radius 1 is 1.30 bits per heavy atom. The maximum absolute atomic E-state index is 13.4. The number of alkyl halides is 4. The molecule has 0 aliphatic heterocycles. The molecule has 1 aromatic rings. The fourth-order valence-electron chi connectivity index (χ4n) is 3.33. The van der Waals surface area contributed by atoms with Crippen molar-refractivity contribution in [2.24, 2.45) is 0 Å². The standard InChI is InChI=1S/C15H16F4N2O2/c1-9(10-3-2-4-11(5-10)23-15(17,18)19)20-12(22)21-14-6-13(16,7-14)8-14/h2-5,9H,6-8H2,1H3,(H2,20,21,22)/t9-,13?,14?/m0/s1. The molecule has 3 aliphatic carbocycles. The summed E-state index contributed by atoms with van der Waals surface area (Å²) in [6, 6.07) is 4.44. The summed E-state index contributed by atoms with van der Waals surface area (Å²) < 4.78 is 53.9. The summed E-state index contributed by atoms with van der Waals surface area (Å²) in [5, 5.41) is 5.37. The summed E-state index contributed by atoms with van der Waals surface area (Å²) in [5.41, 5.74) is -1.08. The smallest absolute Gasteiger partial charge is 0.406 e. The van der Waals surface area contributed by atoms with Crippen molar-refractivity contribution in [2.75, 3.05) is 0 Å². The molecule has 1 atom stereocenters. The third-order valence-electron chi connectivity index (χ3n) is 4.28. The van der Waals surface area contributed by atoms with E-state index in [0.29, 0.717) is 24.8 Å². The van der Waals surface area contributed by atoms with Crippen molar-refractivity contribution in [3.05, 3.63) is 29.8 Å². The minimum Gasteiger partial charge on any atom is -0.406 e. The maximum Gasteiger partial charge on any atom is 0.573 e. The molecule has 0 heterocycles. The second-order valence-corrected chi connectivity index (χ2v) is 6.40. The van der Waals surface area contributed by atoms with Gasteiger partial charge in [-0.05, 0) is 24.6 Å². The number of hydrogen-bond acceptors (Lipinski definition) is 2. The van der Waals surface area contributed by atoms with Crippen molar-refractivity contribution < 1.29 is 27.1 Å². The Kier molecular flexibility index (Phi) is 3.46. The van der Waals surface area contributed by atoms with Crippen LogP contribution in [0.1, 0.15) is 37.8 Å². The van der Waals surface area contributed by atoms with E-state index in [0.717, 1.165) is 0 Å². The van der Waals surface area contributed by atoms with E-state index in [9.17, 15) is 22.4 Å². The number of benzene rings is 1. The van der Waals surface area contributed by atoms with E-state index in [1.807, 2.05) is 0 Å². The van der Waals surface area contributed by atoms with Crippen LogP contribution in [0, 0.1) is 0 Å². The van der Waals surface area contributed by atoms with E-state index in [1.54, 1.807) is 13.0 Å². The molecule has 3 aliphatic rings. The lowest BCUT2D eigenvalue weighted by atomic mass is 9.47. The SMILES string of the molecule is C[C@H](NC(=O)NC12CC(F)(C1)C2)c1cccc(OC(F)(F)F)c1. The fraction of sp³-hybridized carbons (Fsp3) is 0.533. The predicted molar refractivity (Wildman–Crippen MR) is 73.6 cm³/mol. The first-order chi connectivity index (χ1) is 10.6. The van der Waals surface area contributed by atoms with Crippen LogP contribution in [-0.4, -0.2) is 23.6 Å². The molecule has 4 rings (SSSR count). The molecule has 126 valence electrons. The summed E-state index contributed by atoms with van der Waals surface area (Å²) in [6.45, 7) is 1.64. The molecular weight excluding hydrogens is 316 g/mol. The summed E-state index contributed by atoms with van der Waals surface area (Å²) in [6.07, 6.45) is -3.77. The number of urea groups is 1. The van der Waals surface area contributed by atoms with Crippen molar-refractivity contribution in [1.82, 2.24) is 10.6 Å². The van der Waals surface area contributed by atoms with Crippen molar-refractivity contribution >= 4 is 6.03 Å². The number of halogens is 4. The molecule has 3 saturated carbocycles. The van der Waals surface area contributed by atoms with Crippen LogP contribution in [0.5, 0.6) is 5.75 Å². The molecule has 2 bridgehead atoms. The molecule has 0 aromatic heterocycles. The van der Waals surface area contributed by atoms with Crippen molar-refractivity contribution in [2.45, 2.75) is 49.8 Å². The second-order valence-electron chi connectivity index (χ2n) is 6.40. The van der Waals surface area contributed by atoms with Crippen LogP contribution in [0.3, 0.4) is 0 Å². The lowest BCUT2D eigenvalue weighted by Crippen LogP contribution is -2.77. The van der Waals surface area contributed by atoms with E-state index >= 15 is 0 Å². The minimum absolute atomic E-state index is 0.330. The van der Waals surface area contributed by atoms with Gasteiger partial charge < -0.3 is 15.4 Å². The Labute approximate surface area is 130 Å². The van der Waals surface area contributed by atoms with Crippen LogP contribution in [0.25, 0.3) is 0 Å². The highest BCUT2D eigenvalue weighted by atomic mass is 19.4. The number of carbonyl (C=O) groups excluding carboxylic acids is 1. The molecule has 0 saturated heterocycles. The fourth-order valence-corrected chi connectivity index (χ4v) is 3.33. The van der Waals surface area contributed by atoms with Crippen LogP contribution in [0.4, 0.5) is 22.4 Å². The van der Waals surface area contributed by atoms with Crippen molar-refractivity contribution in [3.8, 4) is 5.75 Å². The minimum atomic E-state index is -4.76. The Bertz CT molecular complexity index is 612. The average molecular weight is 332 g/mol. The normalized spacial score (nSPS) is 29.8. The molecule has 1 aromatic carbocycles. The van der Waals surface area contributed by atoms with Gasteiger partial charge in [-0.25, -0.2) is 9.18 Å². The van der Waals surface area contributed by atoms with Gasteiger partial charge in [-0.15, -0.1) is 13.2 Å². The zero-order chi connectivity index (χ0) is 16.9. The molecule has 4 nitrogen and oxygen atoms in total. The number of rotatable bonds is 4. The van der Waals surface area contributed by atoms with Crippen LogP contribution in [0.15, 0.2) is 24.3 Å². The maximum atomic E-state index is 13.4. The van der Waals surface area contributed by atoms with Crippen LogP contribution >= 0.6 is 0 Å². The number of hydrogen-bond donors (Lipinski definition) is 2. The van der Waals surface area contributed by atoms with Gasteiger partial charge in [0.15, 0.2) is 0 Å². The largest absolute Gasteiger partial charge is 0.573 e. The van der Waals surface area contributed by atoms with Crippen LogP contribution in [0.2, 0.25) is 0 Å². The average Bonchev–Trinajstić information content (AvgIpc) is 2.33. The number of carbonyl (C=O) groups is 1. The predicted octanol–water partition coefficient (Wildman–Crippen LogP) is 3.59. The third-order valence-corrected chi connectivity index (χ3v) is 4.28. The molecule has 2 amide bonds. The third kappa shape index (κ3) is 3.35. The van der Waals surface area contributed by atoms with Gasteiger partial charge in [-0.2, -0.15) is 0 Å². The van der Waals surface area contributed by atoms with Gasteiger partial charge in [0.2, 0.25) is 0 Å². The Morgan fingerprint density at radius 2 is 1.96 bits per heavy atom. The van der Waals surface area contributed by atoms with Crippen molar-refractivity contribution in [3.63, 3.8) is 0 Å². The molecule has 3 fully saturated rings. The topological polar surface area (TPSA) is 50.4 Å². The first-order valence-electron chi connectivity index (χ1n) is 7.22. The van der Waals surface area contributed by atoms with E-state index in [1.165, 1.54) is 18.2 Å². The van der Waals surface area contributed by atoms with Gasteiger partial charge in [0.25, 0.3) is 0 Å². The second kappa shape index (κ2) is 5.01. The zero-order valence-corrected chi connectivity index (χ0v) is 12.3. The lowest BCUT2D eigenvalue weighted by Gasteiger charge is -2.65. The summed E-state index contributed by atoms with van der Waals surface area (Å²) >= 11 is 0. The van der Waals surface area contributed by atoms with Gasteiger partial charge in [-0.3, -0.25) is 0 Å². The van der Waals surface area contributed by atoms with Gasteiger partial charge in [0.05, 0.1) is 11.6 Å². The van der Waals surface area contributed by atoms with E-state index in [-0.39, 0.29) is 5.75 Å². The molecule has 2 N–H and O–H groups in total. The van der Waals surface area contributed by atoms with Gasteiger partial charge >= 0.3 is 12.4 Å². The molecule has 0 spiro atoms. The highest BCUT2D eigenvalue weighted by Crippen LogP contribution is 2.62. The van der Waals surface area contributed by atoms with Gasteiger partial charge in [-0.1, -0.05) is 12.1 Å². The quantitative estimate of drug-likeness (QED) is 0.828. The zero-order valence-electron chi connectivity index (χ0n) is 12.3. The summed E-state index contributed by atoms with van der Waals surface area (Å²) in [5.74, 6) is -0.345. The highest BCUT2D eigenvalue weighted by Gasteiger charge is 2.69. The highest BCUT2D eigenvalue weighted by molar-refractivity contribution is 5.76. The number of ether oxygens (including phenoxy) is 1. The number of nitrogens with one attached hydrogen (secondary N) is 2. The van der Waals surface area contributed by atoms with E-state index < -0.39 is 29.6 Å². The van der Waals surface area contributed by atoms with Gasteiger partial charge in [0.1, 0.15) is 11.4 Å². The lowest BCUT2D eigenvalue weighted by molar-refractivity contribution is -0.274. The monoisotopic (exact) mass is 332 g/mol. The Hall–Kier alpha value is -1.99. The first kappa shape index (κ1) is 15.9. The Balaban J connectivity index is 1.56. The first-order valence-corrected chi connectivity index (χ1v) is 7.22.